The van der Waals surface area contributed by atoms with Gasteiger partial charge in [0.15, 0.2) is 0 Å². The maximum atomic E-state index is 5.90. The number of hydrogen-bond donors (Lipinski definition) is 2. The van der Waals surface area contributed by atoms with Gasteiger partial charge in [-0.1, -0.05) is 12.2 Å². The molecule has 2 nitrogen and oxygen atoms in total. The van der Waals surface area contributed by atoms with Gasteiger partial charge in [-0.25, -0.2) is 0 Å². The zero-order valence-electron chi connectivity index (χ0n) is 6.03. The molecule has 4 atom stereocenters. The Morgan fingerprint density at radius 3 is 2.60 bits per heavy atom. The van der Waals surface area contributed by atoms with Crippen molar-refractivity contribution >= 4 is 0 Å². The maximum absolute atomic E-state index is 5.90. The minimum Gasteiger partial charge on any atom is -0.326 e. The molecule has 0 aromatic rings. The van der Waals surface area contributed by atoms with Gasteiger partial charge in [0, 0.05) is 12.1 Å². The summed E-state index contributed by atoms with van der Waals surface area (Å²) in [5, 5.41) is 0. The van der Waals surface area contributed by atoms with Gasteiger partial charge in [-0.05, 0) is 24.7 Å². The highest BCUT2D eigenvalue weighted by Gasteiger charge is 2.38. The lowest BCUT2D eigenvalue weighted by atomic mass is 9.95. The van der Waals surface area contributed by atoms with E-state index in [9.17, 15) is 0 Å². The number of allylic oxidation sites excluding steroid dienone is 1. The summed E-state index contributed by atoms with van der Waals surface area (Å²) in [7, 11) is 0. The van der Waals surface area contributed by atoms with E-state index in [1.165, 1.54) is 6.42 Å². The first-order valence-corrected chi connectivity index (χ1v) is 3.97. The van der Waals surface area contributed by atoms with Gasteiger partial charge < -0.3 is 11.5 Å². The van der Waals surface area contributed by atoms with Crippen molar-refractivity contribution in [3.8, 4) is 0 Å². The molecule has 0 aromatic carbocycles. The van der Waals surface area contributed by atoms with Crippen molar-refractivity contribution in [1.29, 1.82) is 0 Å². The molecule has 10 heavy (non-hydrogen) atoms. The first-order valence-electron chi connectivity index (χ1n) is 3.97. The van der Waals surface area contributed by atoms with Crippen LogP contribution in [0.3, 0.4) is 0 Å². The van der Waals surface area contributed by atoms with Crippen molar-refractivity contribution in [3.63, 3.8) is 0 Å². The van der Waals surface area contributed by atoms with Crippen molar-refractivity contribution in [2.24, 2.45) is 23.3 Å². The smallest absolute Gasteiger partial charge is 0.0259 e. The molecular formula is C8H14N2. The average molecular weight is 138 g/mol. The highest BCUT2D eigenvalue weighted by Crippen LogP contribution is 2.36. The molecule has 0 aliphatic heterocycles. The van der Waals surface area contributed by atoms with Crippen LogP contribution < -0.4 is 11.5 Å². The largest absolute Gasteiger partial charge is 0.326 e. The topological polar surface area (TPSA) is 52.0 Å². The average Bonchev–Trinajstić information content (AvgIpc) is 2.17. The van der Waals surface area contributed by atoms with E-state index >= 15 is 0 Å². The number of nitrogens with two attached hydrogens (primary N) is 2. The van der Waals surface area contributed by atoms with Crippen molar-refractivity contribution in [1.82, 2.24) is 0 Å². The van der Waals surface area contributed by atoms with E-state index in [-0.39, 0.29) is 12.1 Å². The van der Waals surface area contributed by atoms with E-state index in [1.54, 1.807) is 0 Å². The van der Waals surface area contributed by atoms with Crippen molar-refractivity contribution in [2.45, 2.75) is 24.9 Å². The quantitative estimate of drug-likeness (QED) is 0.471. The van der Waals surface area contributed by atoms with E-state index in [4.69, 9.17) is 11.5 Å². The lowest BCUT2D eigenvalue weighted by molar-refractivity contribution is 0.465. The molecule has 0 heterocycles. The normalized spacial score (nSPS) is 51.8. The van der Waals surface area contributed by atoms with Crippen LogP contribution in [0.15, 0.2) is 12.2 Å². The van der Waals surface area contributed by atoms with E-state index < -0.39 is 0 Å². The molecule has 0 spiro atoms. The Hall–Kier alpha value is -0.340. The molecule has 4 unspecified atom stereocenters. The van der Waals surface area contributed by atoms with Crippen LogP contribution in [0, 0.1) is 11.8 Å². The van der Waals surface area contributed by atoms with Gasteiger partial charge in [0.05, 0.1) is 0 Å². The van der Waals surface area contributed by atoms with Gasteiger partial charge in [-0.15, -0.1) is 0 Å². The van der Waals surface area contributed by atoms with E-state index in [2.05, 4.69) is 12.2 Å². The number of rotatable bonds is 0. The highest BCUT2D eigenvalue weighted by molar-refractivity contribution is 5.10. The molecule has 2 aliphatic rings. The minimum atomic E-state index is 0.226. The Morgan fingerprint density at radius 1 is 1.20 bits per heavy atom. The third-order valence-electron chi connectivity index (χ3n) is 2.88. The van der Waals surface area contributed by atoms with Crippen molar-refractivity contribution in [2.75, 3.05) is 0 Å². The summed E-state index contributed by atoms with van der Waals surface area (Å²) in [6.07, 6.45) is 6.82. The number of hydrogen-bond acceptors (Lipinski definition) is 2. The van der Waals surface area contributed by atoms with Crippen molar-refractivity contribution < 1.29 is 0 Å². The molecule has 1 saturated carbocycles. The summed E-state index contributed by atoms with van der Waals surface area (Å²) in [5.41, 5.74) is 11.8. The molecule has 0 radical (unpaired) electrons. The highest BCUT2D eigenvalue weighted by atomic mass is 14.8. The summed E-state index contributed by atoms with van der Waals surface area (Å²) >= 11 is 0. The van der Waals surface area contributed by atoms with Gasteiger partial charge in [0.25, 0.3) is 0 Å². The van der Waals surface area contributed by atoms with Gasteiger partial charge in [0.2, 0.25) is 0 Å². The Kier molecular flexibility index (Phi) is 1.32. The third-order valence-corrected chi connectivity index (χ3v) is 2.88. The fraction of sp³-hybridized carbons (Fsp3) is 0.750. The monoisotopic (exact) mass is 138 g/mol. The van der Waals surface area contributed by atoms with Crippen molar-refractivity contribution in [3.05, 3.63) is 12.2 Å². The van der Waals surface area contributed by atoms with Crippen LogP contribution >= 0.6 is 0 Å². The summed E-state index contributed by atoms with van der Waals surface area (Å²) in [6, 6.07) is 0.476. The van der Waals surface area contributed by atoms with Crippen LogP contribution in [0.4, 0.5) is 0 Å². The van der Waals surface area contributed by atoms with Gasteiger partial charge in [-0.3, -0.25) is 0 Å². The van der Waals surface area contributed by atoms with Crippen LogP contribution in [0.2, 0.25) is 0 Å². The molecule has 4 N–H and O–H groups in total. The molecule has 1 fully saturated rings. The van der Waals surface area contributed by atoms with Crippen LogP contribution in [-0.2, 0) is 0 Å². The lowest BCUT2D eigenvalue weighted by Crippen LogP contribution is -2.41. The van der Waals surface area contributed by atoms with Crippen LogP contribution in [0.5, 0.6) is 0 Å². The molecule has 2 rings (SSSR count). The molecule has 0 aromatic heterocycles. The first kappa shape index (κ1) is 6.38. The summed E-state index contributed by atoms with van der Waals surface area (Å²) < 4.78 is 0. The fourth-order valence-electron chi connectivity index (χ4n) is 2.15. The Balaban J connectivity index is 2.22. The van der Waals surface area contributed by atoms with Gasteiger partial charge >= 0.3 is 0 Å². The Bertz CT molecular complexity index is 163. The van der Waals surface area contributed by atoms with Gasteiger partial charge in [0.1, 0.15) is 0 Å². The predicted molar refractivity (Wildman–Crippen MR) is 41.3 cm³/mol. The Morgan fingerprint density at radius 2 is 2.00 bits per heavy atom. The molecule has 2 bridgehead atoms. The van der Waals surface area contributed by atoms with Gasteiger partial charge in [-0.2, -0.15) is 0 Å². The molecule has 2 aliphatic carbocycles. The number of fused-ring (bicyclic) bond motifs is 2. The van der Waals surface area contributed by atoms with Crippen LogP contribution in [0.25, 0.3) is 0 Å². The molecular weight excluding hydrogens is 124 g/mol. The predicted octanol–water partition coefficient (Wildman–Crippen LogP) is 0.237. The summed E-state index contributed by atoms with van der Waals surface area (Å²) in [4.78, 5) is 0. The lowest BCUT2D eigenvalue weighted by Gasteiger charge is -2.14. The second-order valence-electron chi connectivity index (χ2n) is 3.48. The fourth-order valence-corrected chi connectivity index (χ4v) is 2.15. The van der Waals surface area contributed by atoms with E-state index in [0.717, 1.165) is 6.42 Å². The first-order chi connectivity index (χ1) is 4.79. The van der Waals surface area contributed by atoms with Crippen LogP contribution in [0.1, 0.15) is 12.8 Å². The molecule has 56 valence electrons. The van der Waals surface area contributed by atoms with E-state index in [1.807, 2.05) is 0 Å². The second kappa shape index (κ2) is 2.07. The maximum Gasteiger partial charge on any atom is 0.0259 e. The standard InChI is InChI=1S/C8H14N2/c9-7-5-2-1-3-6(4-5)8(7)10/h1-2,5-8H,3-4,9-10H2. The second-order valence-corrected chi connectivity index (χ2v) is 3.48. The molecule has 2 heteroatoms. The van der Waals surface area contributed by atoms with E-state index in [0.29, 0.717) is 11.8 Å². The SMILES string of the molecule is NC1C2C=CCC(C2)C1N. The molecule has 0 saturated heterocycles. The third kappa shape index (κ3) is 0.724. The molecule has 0 amide bonds. The summed E-state index contributed by atoms with van der Waals surface area (Å²) in [6.45, 7) is 0. The zero-order valence-corrected chi connectivity index (χ0v) is 6.03. The van der Waals surface area contributed by atoms with Crippen LogP contribution in [-0.4, -0.2) is 12.1 Å². The minimum absolute atomic E-state index is 0.226. The zero-order chi connectivity index (χ0) is 7.14. The Labute approximate surface area is 61.3 Å². The summed E-state index contributed by atoms with van der Waals surface area (Å²) in [5.74, 6) is 1.25.